The summed E-state index contributed by atoms with van der Waals surface area (Å²) < 4.78 is 4.91. The number of Topliss-reactive ketones (excluding diaryl/α,β-unsaturated/α-hetero) is 1. The van der Waals surface area contributed by atoms with Crippen LogP contribution in [0.15, 0.2) is 18.3 Å². The lowest BCUT2D eigenvalue weighted by molar-refractivity contribution is -0.147. The highest BCUT2D eigenvalue weighted by atomic mass is 16.5. The second-order valence-electron chi connectivity index (χ2n) is 6.61. The van der Waals surface area contributed by atoms with Crippen molar-refractivity contribution in [2.45, 2.75) is 38.1 Å². The SMILES string of the molecule is C[C@@H]1CCCC[C@]12NC(=O)N(CC(=O)OCC(=O)c1ccc[nH]1)C2=O. The lowest BCUT2D eigenvalue weighted by Gasteiger charge is -2.36. The summed E-state index contributed by atoms with van der Waals surface area (Å²) in [5, 5.41) is 2.77. The van der Waals surface area contributed by atoms with Crippen LogP contribution < -0.4 is 5.32 Å². The predicted octanol–water partition coefficient (Wildman–Crippen LogP) is 1.24. The lowest BCUT2D eigenvalue weighted by Crippen LogP contribution is -2.54. The van der Waals surface area contributed by atoms with E-state index in [0.717, 1.165) is 24.2 Å². The smallest absolute Gasteiger partial charge is 0.326 e. The molecule has 2 N–H and O–H groups in total. The van der Waals surface area contributed by atoms with Gasteiger partial charge in [-0.05, 0) is 30.9 Å². The van der Waals surface area contributed by atoms with Gasteiger partial charge in [0.05, 0.1) is 5.69 Å². The minimum absolute atomic E-state index is 0.0215. The lowest BCUT2D eigenvalue weighted by atomic mass is 9.73. The molecule has 1 saturated heterocycles. The summed E-state index contributed by atoms with van der Waals surface area (Å²) >= 11 is 0. The summed E-state index contributed by atoms with van der Waals surface area (Å²) in [5.74, 6) is -1.53. The molecule has 1 aromatic heterocycles. The third kappa shape index (κ3) is 3.16. The van der Waals surface area contributed by atoms with Gasteiger partial charge in [-0.2, -0.15) is 0 Å². The van der Waals surface area contributed by atoms with Gasteiger partial charge in [0.25, 0.3) is 5.91 Å². The molecule has 8 nitrogen and oxygen atoms in total. The van der Waals surface area contributed by atoms with Gasteiger partial charge in [0, 0.05) is 6.20 Å². The Morgan fingerprint density at radius 3 is 2.84 bits per heavy atom. The average molecular weight is 347 g/mol. The van der Waals surface area contributed by atoms with Gasteiger partial charge in [-0.25, -0.2) is 4.79 Å². The minimum Gasteiger partial charge on any atom is -0.456 e. The van der Waals surface area contributed by atoms with Crippen LogP contribution in [-0.2, 0) is 14.3 Å². The number of nitrogens with one attached hydrogen (secondary N) is 2. The Balaban J connectivity index is 1.58. The zero-order valence-electron chi connectivity index (χ0n) is 14.0. The number of carbonyl (C=O) groups excluding carboxylic acids is 4. The summed E-state index contributed by atoms with van der Waals surface area (Å²) in [4.78, 5) is 52.3. The number of imide groups is 1. The van der Waals surface area contributed by atoms with E-state index in [1.807, 2.05) is 6.92 Å². The van der Waals surface area contributed by atoms with Crippen LogP contribution >= 0.6 is 0 Å². The van der Waals surface area contributed by atoms with Crippen molar-refractivity contribution in [1.82, 2.24) is 15.2 Å². The molecule has 3 amide bonds. The second kappa shape index (κ2) is 6.70. The maximum Gasteiger partial charge on any atom is 0.326 e. The molecule has 8 heteroatoms. The third-order valence-corrected chi connectivity index (χ3v) is 5.05. The minimum atomic E-state index is -0.907. The van der Waals surface area contributed by atoms with Gasteiger partial charge < -0.3 is 15.0 Å². The van der Waals surface area contributed by atoms with E-state index in [4.69, 9.17) is 4.74 Å². The zero-order valence-corrected chi connectivity index (χ0v) is 14.0. The Hall–Kier alpha value is -2.64. The molecular weight excluding hydrogens is 326 g/mol. The van der Waals surface area contributed by atoms with Crippen LogP contribution in [-0.4, -0.2) is 52.3 Å². The topological polar surface area (TPSA) is 109 Å². The third-order valence-electron chi connectivity index (χ3n) is 5.05. The molecule has 1 spiro atoms. The molecule has 25 heavy (non-hydrogen) atoms. The van der Waals surface area contributed by atoms with Gasteiger partial charge >= 0.3 is 12.0 Å². The number of rotatable bonds is 5. The molecule has 0 aromatic carbocycles. The van der Waals surface area contributed by atoms with Crippen molar-refractivity contribution in [2.24, 2.45) is 5.92 Å². The van der Waals surface area contributed by atoms with Crippen molar-refractivity contribution < 1.29 is 23.9 Å². The van der Waals surface area contributed by atoms with E-state index in [-0.39, 0.29) is 17.6 Å². The van der Waals surface area contributed by atoms with Crippen LogP contribution in [0.25, 0.3) is 0 Å². The number of urea groups is 1. The summed E-state index contributed by atoms with van der Waals surface area (Å²) in [7, 11) is 0. The molecule has 0 bridgehead atoms. The number of hydrogen-bond donors (Lipinski definition) is 2. The van der Waals surface area contributed by atoms with Crippen molar-refractivity contribution in [3.63, 3.8) is 0 Å². The van der Waals surface area contributed by atoms with Gasteiger partial charge in [-0.15, -0.1) is 0 Å². The molecule has 2 fully saturated rings. The molecule has 3 rings (SSSR count). The fraction of sp³-hybridized carbons (Fsp3) is 0.529. The molecule has 2 atom stereocenters. The molecule has 2 aliphatic rings. The molecule has 134 valence electrons. The van der Waals surface area contributed by atoms with E-state index in [9.17, 15) is 19.2 Å². The van der Waals surface area contributed by atoms with E-state index in [1.165, 1.54) is 0 Å². The molecular formula is C17H21N3O5. The Labute approximate surface area is 144 Å². The van der Waals surface area contributed by atoms with E-state index < -0.39 is 30.7 Å². The highest BCUT2D eigenvalue weighted by Crippen LogP contribution is 2.38. The Kier molecular flexibility index (Phi) is 4.61. The first-order chi connectivity index (χ1) is 11.9. The van der Waals surface area contributed by atoms with Gasteiger partial charge in [-0.3, -0.25) is 19.3 Å². The molecule has 0 radical (unpaired) electrons. The summed E-state index contributed by atoms with van der Waals surface area (Å²) in [6.45, 7) is 1.01. The molecule has 1 aromatic rings. The average Bonchev–Trinajstić information content (AvgIpc) is 3.20. The van der Waals surface area contributed by atoms with Crippen molar-refractivity contribution >= 4 is 23.7 Å². The molecule has 1 saturated carbocycles. The fourth-order valence-corrected chi connectivity index (χ4v) is 3.54. The second-order valence-corrected chi connectivity index (χ2v) is 6.61. The van der Waals surface area contributed by atoms with Crippen molar-refractivity contribution in [3.05, 3.63) is 24.0 Å². The number of ether oxygens (including phenoxy) is 1. The van der Waals surface area contributed by atoms with E-state index >= 15 is 0 Å². The van der Waals surface area contributed by atoms with Gasteiger partial charge in [0.1, 0.15) is 12.1 Å². The number of aromatic amines is 1. The highest BCUT2D eigenvalue weighted by Gasteiger charge is 2.55. The van der Waals surface area contributed by atoms with Crippen LogP contribution in [0.5, 0.6) is 0 Å². The number of aromatic nitrogens is 1. The van der Waals surface area contributed by atoms with Gasteiger partial charge in [0.2, 0.25) is 5.78 Å². The summed E-state index contributed by atoms with van der Waals surface area (Å²) in [5.41, 5.74) is -0.576. The Morgan fingerprint density at radius 2 is 2.16 bits per heavy atom. The number of esters is 1. The largest absolute Gasteiger partial charge is 0.456 e. The number of hydrogen-bond acceptors (Lipinski definition) is 5. The number of amides is 3. The Bertz CT molecular complexity index is 699. The first-order valence-electron chi connectivity index (χ1n) is 8.40. The maximum atomic E-state index is 12.7. The highest BCUT2D eigenvalue weighted by molar-refractivity contribution is 6.09. The van der Waals surface area contributed by atoms with Crippen molar-refractivity contribution in [1.29, 1.82) is 0 Å². The number of ketones is 1. The quantitative estimate of drug-likeness (QED) is 0.473. The summed E-state index contributed by atoms with van der Waals surface area (Å²) in [6, 6.07) is 2.65. The predicted molar refractivity (Wildman–Crippen MR) is 86.7 cm³/mol. The summed E-state index contributed by atoms with van der Waals surface area (Å²) in [6.07, 6.45) is 4.91. The van der Waals surface area contributed by atoms with E-state index in [0.29, 0.717) is 12.1 Å². The number of H-pyrrole nitrogens is 1. The van der Waals surface area contributed by atoms with Crippen molar-refractivity contribution in [2.75, 3.05) is 13.2 Å². The fourth-order valence-electron chi connectivity index (χ4n) is 3.54. The molecule has 0 unspecified atom stereocenters. The first kappa shape index (κ1) is 17.2. The first-order valence-corrected chi connectivity index (χ1v) is 8.40. The van der Waals surface area contributed by atoms with Crippen LogP contribution in [0, 0.1) is 5.92 Å². The monoisotopic (exact) mass is 347 g/mol. The van der Waals surface area contributed by atoms with Gasteiger partial charge in [0.15, 0.2) is 6.61 Å². The van der Waals surface area contributed by atoms with Crippen LogP contribution in [0.1, 0.15) is 43.1 Å². The Morgan fingerprint density at radius 1 is 1.36 bits per heavy atom. The van der Waals surface area contributed by atoms with E-state index in [2.05, 4.69) is 10.3 Å². The maximum absolute atomic E-state index is 12.7. The standard InChI is InChI=1S/C17H21N3O5/c1-11-5-2-3-7-17(11)15(23)20(16(24)19-17)9-14(22)25-10-13(21)12-6-4-8-18-12/h4,6,8,11,18H,2-3,5,7,9-10H2,1H3,(H,19,24)/t11-,17+/m1/s1. The zero-order chi connectivity index (χ0) is 18.0. The van der Waals surface area contributed by atoms with Crippen LogP contribution in [0.3, 0.4) is 0 Å². The van der Waals surface area contributed by atoms with Crippen molar-refractivity contribution in [3.8, 4) is 0 Å². The normalized spacial score (nSPS) is 26.0. The number of nitrogens with zero attached hydrogens (tertiary/aromatic N) is 1. The van der Waals surface area contributed by atoms with Gasteiger partial charge in [-0.1, -0.05) is 19.8 Å². The molecule has 2 heterocycles. The molecule has 1 aliphatic heterocycles. The van der Waals surface area contributed by atoms with E-state index in [1.54, 1.807) is 18.3 Å². The van der Waals surface area contributed by atoms with Crippen LogP contribution in [0.4, 0.5) is 4.79 Å². The number of carbonyl (C=O) groups is 4. The van der Waals surface area contributed by atoms with Crippen LogP contribution in [0.2, 0.25) is 0 Å². The molecule has 1 aliphatic carbocycles.